The minimum absolute atomic E-state index is 0.231. The lowest BCUT2D eigenvalue weighted by Gasteiger charge is -2.47. The van der Waals surface area contributed by atoms with Gasteiger partial charge < -0.3 is 60.1 Å². The maximum absolute atomic E-state index is 7.25. The first kappa shape index (κ1) is 41.8. The number of benzene rings is 1. The highest BCUT2D eigenvalue weighted by atomic mass is 28.6. The van der Waals surface area contributed by atoms with Gasteiger partial charge in [-0.2, -0.15) is 0 Å². The van der Waals surface area contributed by atoms with E-state index in [2.05, 4.69) is 13.1 Å². The Labute approximate surface area is 310 Å². The van der Waals surface area contributed by atoms with Gasteiger partial charge in [0, 0.05) is 26.3 Å². The van der Waals surface area contributed by atoms with Crippen molar-refractivity contribution in [2.24, 2.45) is 0 Å². The summed E-state index contributed by atoms with van der Waals surface area (Å²) >= 11 is 0. The standard InChI is InChI=1S/C27H58O14Si9/c1-42-32-44(3)36-49(8,38-46(5,34-42)19-13-17-28-21-25-23-30-25)40-48(7,27-15-11-10-12-16-27)41-50(9)37-45(4)33-43(2)35-47(6,39-50)20-14-18-29-22-26-24-31-26/h10-12,15-16,25-26,42-45H,13-14,17-24H2,1-9H3. The third-order valence-electron chi connectivity index (χ3n) is 8.47. The summed E-state index contributed by atoms with van der Waals surface area (Å²) < 4.78 is 90.5. The lowest BCUT2D eigenvalue weighted by Crippen LogP contribution is -2.70. The van der Waals surface area contributed by atoms with Crippen LogP contribution >= 0.6 is 0 Å². The minimum atomic E-state index is -3.46. The average Bonchev–Trinajstić information content (AvgIpc) is 3.91. The van der Waals surface area contributed by atoms with E-state index >= 15 is 0 Å². The molecule has 0 saturated carbocycles. The SMILES string of the molecule is C[SiH]1O[SiH](C)O[Si](C)(O[Si](C)(O[Si]2(C)O[SiH](C)O[SiH](C)O[Si](C)(CCCOCC3CO3)O2)c2ccccc2)O[Si](C)(CCCOCC2CO2)O1. The zero-order valence-corrected chi connectivity index (χ0v) is 40.8. The van der Waals surface area contributed by atoms with Crippen molar-refractivity contribution >= 4 is 85.6 Å². The zero-order valence-electron chi connectivity index (χ0n) is 31.1. The number of rotatable bonds is 17. The van der Waals surface area contributed by atoms with Gasteiger partial charge in [0.25, 0.3) is 18.6 Å². The summed E-state index contributed by atoms with van der Waals surface area (Å²) in [5.74, 6) is 0. The highest BCUT2D eigenvalue weighted by molar-refractivity contribution is 6.96. The Hall–Kier alpha value is 0.612. The lowest BCUT2D eigenvalue weighted by molar-refractivity contribution is 0.114. The monoisotopic (exact) mass is 858 g/mol. The van der Waals surface area contributed by atoms with Crippen LogP contribution in [0.3, 0.4) is 0 Å². The van der Waals surface area contributed by atoms with Crippen molar-refractivity contribution < 1.29 is 60.1 Å². The number of hydrogen-bond acceptors (Lipinski definition) is 14. The van der Waals surface area contributed by atoms with Crippen molar-refractivity contribution in [3.05, 3.63) is 30.3 Å². The molecule has 0 N–H and O–H groups in total. The summed E-state index contributed by atoms with van der Waals surface area (Å²) in [7, 11) is -24.3. The molecule has 0 bridgehead atoms. The van der Waals surface area contributed by atoms with E-state index < -0.39 is 80.4 Å². The first-order chi connectivity index (χ1) is 23.6. The average molecular weight is 860 g/mol. The van der Waals surface area contributed by atoms with Gasteiger partial charge >= 0.3 is 61.9 Å². The summed E-state index contributed by atoms with van der Waals surface area (Å²) in [6.45, 7) is 22.2. The van der Waals surface area contributed by atoms with E-state index in [0.717, 1.165) is 43.3 Å². The van der Waals surface area contributed by atoms with E-state index in [4.69, 9.17) is 60.1 Å². The second kappa shape index (κ2) is 18.0. The van der Waals surface area contributed by atoms with Gasteiger partial charge in [-0.1, -0.05) is 30.3 Å². The summed E-state index contributed by atoms with van der Waals surface area (Å²) in [6, 6.07) is 11.5. The Morgan fingerprint density at radius 3 is 1.46 bits per heavy atom. The molecule has 23 heteroatoms. The molecule has 286 valence electrons. The third kappa shape index (κ3) is 13.4. The van der Waals surface area contributed by atoms with Gasteiger partial charge in [0.05, 0.1) is 26.4 Å². The van der Waals surface area contributed by atoms with E-state index in [-0.39, 0.29) is 12.2 Å². The normalized spacial score (nSPS) is 40.6. The van der Waals surface area contributed by atoms with Crippen molar-refractivity contribution in [1.29, 1.82) is 0 Å². The molecule has 4 saturated heterocycles. The molecule has 0 aliphatic carbocycles. The van der Waals surface area contributed by atoms with Gasteiger partial charge in [-0.25, -0.2) is 0 Å². The molecule has 4 heterocycles. The van der Waals surface area contributed by atoms with Gasteiger partial charge in [-0.05, 0) is 75.9 Å². The minimum Gasteiger partial charge on any atom is -0.420 e. The van der Waals surface area contributed by atoms with E-state index in [1.54, 1.807) is 0 Å². The second-order valence-corrected chi connectivity index (χ2v) is 39.2. The fourth-order valence-corrected chi connectivity index (χ4v) is 46.5. The fraction of sp³-hybridized carbons (Fsp3) is 0.778. The predicted octanol–water partition coefficient (Wildman–Crippen LogP) is 2.45. The maximum Gasteiger partial charge on any atom is 0.470 e. The molecular formula is C27H58O14Si9. The van der Waals surface area contributed by atoms with E-state index in [9.17, 15) is 0 Å². The van der Waals surface area contributed by atoms with Crippen LogP contribution in [0.4, 0.5) is 0 Å². The summed E-state index contributed by atoms with van der Waals surface area (Å²) in [5, 5.41) is 0.918. The Morgan fingerprint density at radius 2 is 1.06 bits per heavy atom. The fourth-order valence-electron chi connectivity index (χ4n) is 6.48. The molecule has 10 atom stereocenters. The molecule has 10 unspecified atom stereocenters. The number of epoxide rings is 2. The molecular weight excluding hydrogens is 801 g/mol. The quantitative estimate of drug-likeness (QED) is 0.129. The van der Waals surface area contributed by atoms with E-state index in [0.29, 0.717) is 26.4 Å². The van der Waals surface area contributed by atoms with Crippen LogP contribution in [0.5, 0.6) is 0 Å². The van der Waals surface area contributed by atoms with Gasteiger partial charge in [-0.3, -0.25) is 0 Å². The van der Waals surface area contributed by atoms with Crippen LogP contribution in [0.2, 0.25) is 71.0 Å². The molecule has 4 fully saturated rings. The van der Waals surface area contributed by atoms with E-state index in [1.165, 1.54) is 0 Å². The molecule has 1 aromatic rings. The Balaban J connectivity index is 1.37. The largest absolute Gasteiger partial charge is 0.470 e. The lowest BCUT2D eigenvalue weighted by atomic mass is 10.4. The Bertz CT molecular complexity index is 1150. The second-order valence-electron chi connectivity index (χ2n) is 14.0. The Morgan fingerprint density at radius 1 is 0.660 bits per heavy atom. The zero-order chi connectivity index (χ0) is 36.0. The molecule has 4 aliphatic heterocycles. The molecule has 0 radical (unpaired) electrons. The molecule has 1 aromatic carbocycles. The highest BCUT2D eigenvalue weighted by Gasteiger charge is 2.59. The van der Waals surface area contributed by atoms with Crippen LogP contribution in [0.25, 0.3) is 0 Å². The number of ether oxygens (including phenoxy) is 4. The maximum atomic E-state index is 7.25. The van der Waals surface area contributed by atoms with Crippen molar-refractivity contribution in [1.82, 2.24) is 0 Å². The van der Waals surface area contributed by atoms with Crippen LogP contribution in [0.1, 0.15) is 12.8 Å². The van der Waals surface area contributed by atoms with Crippen molar-refractivity contribution in [2.75, 3.05) is 39.6 Å². The molecule has 5 rings (SSSR count). The summed E-state index contributed by atoms with van der Waals surface area (Å²) in [6.07, 6.45) is 2.04. The van der Waals surface area contributed by atoms with Gasteiger partial charge in [0.1, 0.15) is 12.2 Å². The van der Waals surface area contributed by atoms with E-state index in [1.807, 2.05) is 76.2 Å². The molecule has 4 aliphatic rings. The van der Waals surface area contributed by atoms with Crippen LogP contribution in [0.15, 0.2) is 30.3 Å². The first-order valence-electron chi connectivity index (χ1n) is 17.8. The van der Waals surface area contributed by atoms with Crippen LogP contribution < -0.4 is 5.19 Å². The van der Waals surface area contributed by atoms with Crippen molar-refractivity contribution in [3.8, 4) is 0 Å². The van der Waals surface area contributed by atoms with Gasteiger partial charge in [0.15, 0.2) is 0 Å². The van der Waals surface area contributed by atoms with Crippen LogP contribution in [-0.2, 0) is 60.1 Å². The molecule has 0 spiro atoms. The number of hydrogen-bond donors (Lipinski definition) is 0. The smallest absolute Gasteiger partial charge is 0.420 e. The molecule has 0 aromatic heterocycles. The molecule has 0 amide bonds. The first-order valence-corrected chi connectivity index (χ1v) is 38.1. The highest BCUT2D eigenvalue weighted by Crippen LogP contribution is 2.34. The molecule has 50 heavy (non-hydrogen) atoms. The van der Waals surface area contributed by atoms with Crippen LogP contribution in [0, 0.1) is 0 Å². The summed E-state index contributed by atoms with van der Waals surface area (Å²) in [5.41, 5.74) is 0. The molecule has 14 nitrogen and oxygen atoms in total. The topological polar surface area (TPSA) is 136 Å². The van der Waals surface area contributed by atoms with Gasteiger partial charge in [-0.15, -0.1) is 0 Å². The third-order valence-corrected chi connectivity index (χ3v) is 43.7. The van der Waals surface area contributed by atoms with Crippen LogP contribution in [-0.4, -0.2) is 132 Å². The van der Waals surface area contributed by atoms with Crippen molar-refractivity contribution in [3.63, 3.8) is 0 Å². The van der Waals surface area contributed by atoms with Crippen molar-refractivity contribution in [2.45, 2.75) is 96.1 Å². The predicted molar refractivity (Wildman–Crippen MR) is 207 cm³/mol. The Kier molecular flexibility index (Phi) is 15.1. The summed E-state index contributed by atoms with van der Waals surface area (Å²) in [4.78, 5) is 0. The van der Waals surface area contributed by atoms with Gasteiger partial charge in [0.2, 0.25) is 0 Å².